The molecule has 2 N–H and O–H groups in total. The van der Waals surface area contributed by atoms with Crippen molar-refractivity contribution >= 4 is 23.1 Å². The van der Waals surface area contributed by atoms with Crippen LogP contribution in [-0.2, 0) is 17.4 Å². The third kappa shape index (κ3) is 5.06. The van der Waals surface area contributed by atoms with Gasteiger partial charge in [-0.1, -0.05) is 24.3 Å². The first kappa shape index (κ1) is 19.3. The fraction of sp³-hybridized carbons (Fsp3) is 0.100. The molecule has 0 aliphatic rings. The van der Waals surface area contributed by atoms with Gasteiger partial charge in [0.05, 0.1) is 29.6 Å². The van der Waals surface area contributed by atoms with E-state index in [9.17, 15) is 22.4 Å². The van der Waals surface area contributed by atoms with E-state index in [1.54, 1.807) is 6.07 Å². The van der Waals surface area contributed by atoms with Gasteiger partial charge in [0, 0.05) is 0 Å². The van der Waals surface area contributed by atoms with E-state index in [1.165, 1.54) is 54.7 Å². The normalized spacial score (nSPS) is 11.1. The van der Waals surface area contributed by atoms with Crippen LogP contribution in [0.25, 0.3) is 0 Å². The standard InChI is InChI=1S/C20H15F4N3O/c21-14-5-3-4-13(10-14)11-19(28)26-15-8-9-18(25-12-15)27-17-7-2-1-6-16(17)20(22,23)24/h1-10,12H,11H2,(H,25,27)(H,26,28). The molecule has 0 unspecified atom stereocenters. The van der Waals surface area contributed by atoms with E-state index in [0.717, 1.165) is 6.07 Å². The lowest BCUT2D eigenvalue weighted by molar-refractivity contribution is -0.136. The number of hydrogen-bond donors (Lipinski definition) is 2. The predicted molar refractivity (Wildman–Crippen MR) is 97.7 cm³/mol. The summed E-state index contributed by atoms with van der Waals surface area (Å²) in [6.07, 6.45) is -3.19. The topological polar surface area (TPSA) is 54.0 Å². The number of hydrogen-bond acceptors (Lipinski definition) is 3. The zero-order valence-corrected chi connectivity index (χ0v) is 14.4. The van der Waals surface area contributed by atoms with Gasteiger partial charge in [-0.15, -0.1) is 0 Å². The maximum atomic E-state index is 13.2. The summed E-state index contributed by atoms with van der Waals surface area (Å²) in [6.45, 7) is 0. The van der Waals surface area contributed by atoms with Crippen molar-refractivity contribution in [3.63, 3.8) is 0 Å². The van der Waals surface area contributed by atoms with E-state index in [2.05, 4.69) is 15.6 Å². The first-order valence-electron chi connectivity index (χ1n) is 8.25. The van der Waals surface area contributed by atoms with E-state index in [4.69, 9.17) is 0 Å². The van der Waals surface area contributed by atoms with Crippen LogP contribution in [0.5, 0.6) is 0 Å². The number of amides is 1. The molecule has 4 nitrogen and oxygen atoms in total. The first-order valence-corrected chi connectivity index (χ1v) is 8.25. The molecule has 0 radical (unpaired) electrons. The molecule has 1 amide bonds. The van der Waals surface area contributed by atoms with Crippen LogP contribution in [0.1, 0.15) is 11.1 Å². The van der Waals surface area contributed by atoms with Crippen molar-refractivity contribution in [2.24, 2.45) is 0 Å². The van der Waals surface area contributed by atoms with E-state index >= 15 is 0 Å². The largest absolute Gasteiger partial charge is 0.418 e. The van der Waals surface area contributed by atoms with Gasteiger partial charge in [0.25, 0.3) is 0 Å². The molecule has 28 heavy (non-hydrogen) atoms. The summed E-state index contributed by atoms with van der Waals surface area (Å²) in [5.41, 5.74) is -0.0294. The van der Waals surface area contributed by atoms with Gasteiger partial charge in [0.2, 0.25) is 5.91 Å². The second-order valence-corrected chi connectivity index (χ2v) is 5.96. The molecule has 0 aliphatic carbocycles. The summed E-state index contributed by atoms with van der Waals surface area (Å²) >= 11 is 0. The van der Waals surface area contributed by atoms with E-state index < -0.39 is 17.6 Å². The van der Waals surface area contributed by atoms with E-state index in [1.807, 2.05) is 0 Å². The van der Waals surface area contributed by atoms with Crippen molar-refractivity contribution in [2.45, 2.75) is 12.6 Å². The number of benzene rings is 2. The minimum Gasteiger partial charge on any atom is -0.340 e. The van der Waals surface area contributed by atoms with Gasteiger partial charge >= 0.3 is 6.18 Å². The molecule has 1 aromatic heterocycles. The second-order valence-electron chi connectivity index (χ2n) is 5.96. The number of alkyl halides is 3. The number of nitrogens with one attached hydrogen (secondary N) is 2. The molecule has 144 valence electrons. The van der Waals surface area contributed by atoms with Gasteiger partial charge in [0.1, 0.15) is 11.6 Å². The van der Waals surface area contributed by atoms with Crippen molar-refractivity contribution in [1.29, 1.82) is 0 Å². The smallest absolute Gasteiger partial charge is 0.340 e. The minimum absolute atomic E-state index is 0.0171. The van der Waals surface area contributed by atoms with Crippen LogP contribution in [0.3, 0.4) is 0 Å². The van der Waals surface area contributed by atoms with Crippen LogP contribution in [0.15, 0.2) is 66.9 Å². The highest BCUT2D eigenvalue weighted by atomic mass is 19.4. The molecule has 0 aliphatic heterocycles. The molecule has 2 aromatic carbocycles. The molecule has 0 spiro atoms. The Labute approximate surface area is 158 Å². The molecule has 0 saturated heterocycles. The maximum absolute atomic E-state index is 13.2. The molecule has 0 bridgehead atoms. The fourth-order valence-corrected chi connectivity index (χ4v) is 2.56. The highest BCUT2D eigenvalue weighted by Gasteiger charge is 2.33. The quantitative estimate of drug-likeness (QED) is 0.593. The minimum atomic E-state index is -4.49. The van der Waals surface area contributed by atoms with Crippen LogP contribution in [0, 0.1) is 5.82 Å². The highest BCUT2D eigenvalue weighted by Crippen LogP contribution is 2.35. The van der Waals surface area contributed by atoms with Crippen LogP contribution in [-0.4, -0.2) is 10.9 Å². The average molecular weight is 389 g/mol. The second kappa shape index (κ2) is 8.08. The Kier molecular flexibility index (Phi) is 5.58. The number of halogens is 4. The Hall–Kier alpha value is -3.42. The molecule has 0 atom stereocenters. The number of aromatic nitrogens is 1. The predicted octanol–water partition coefficient (Wildman–Crippen LogP) is 5.16. The van der Waals surface area contributed by atoms with Gasteiger partial charge < -0.3 is 10.6 Å². The molecule has 1 heterocycles. The summed E-state index contributed by atoms with van der Waals surface area (Å²) in [6, 6.07) is 13.7. The lowest BCUT2D eigenvalue weighted by atomic mass is 10.1. The maximum Gasteiger partial charge on any atom is 0.418 e. The Balaban J connectivity index is 1.65. The van der Waals surface area contributed by atoms with Gasteiger partial charge in [-0.25, -0.2) is 9.37 Å². The summed E-state index contributed by atoms with van der Waals surface area (Å²) < 4.78 is 52.2. The SMILES string of the molecule is O=C(Cc1cccc(F)c1)Nc1ccc(Nc2ccccc2C(F)(F)F)nc1. The van der Waals surface area contributed by atoms with Crippen molar-refractivity contribution < 1.29 is 22.4 Å². The summed E-state index contributed by atoms with van der Waals surface area (Å²) in [7, 11) is 0. The van der Waals surface area contributed by atoms with Crippen LogP contribution >= 0.6 is 0 Å². The van der Waals surface area contributed by atoms with Gasteiger partial charge in [0.15, 0.2) is 0 Å². The summed E-state index contributed by atoms with van der Waals surface area (Å²) in [5, 5.41) is 5.23. The number of anilines is 3. The summed E-state index contributed by atoms with van der Waals surface area (Å²) in [4.78, 5) is 16.0. The highest BCUT2D eigenvalue weighted by molar-refractivity contribution is 5.92. The average Bonchev–Trinajstić information content (AvgIpc) is 2.63. The lowest BCUT2D eigenvalue weighted by Crippen LogP contribution is -2.14. The molecular formula is C20H15F4N3O. The van der Waals surface area contributed by atoms with Crippen molar-refractivity contribution in [2.75, 3.05) is 10.6 Å². The number of carbonyl (C=O) groups is 1. The van der Waals surface area contributed by atoms with Crippen LogP contribution in [0.4, 0.5) is 34.8 Å². The van der Waals surface area contributed by atoms with Gasteiger partial charge in [-0.05, 0) is 42.0 Å². The zero-order valence-electron chi connectivity index (χ0n) is 14.4. The molecule has 8 heteroatoms. The molecule has 3 rings (SSSR count). The van der Waals surface area contributed by atoms with Gasteiger partial charge in [-0.3, -0.25) is 4.79 Å². The third-order valence-electron chi connectivity index (χ3n) is 3.80. The van der Waals surface area contributed by atoms with Gasteiger partial charge in [-0.2, -0.15) is 13.2 Å². The first-order chi connectivity index (χ1) is 13.3. The Morgan fingerprint density at radius 3 is 2.46 bits per heavy atom. The zero-order chi connectivity index (χ0) is 20.1. The van der Waals surface area contributed by atoms with Crippen molar-refractivity contribution in [3.05, 3.63) is 83.8 Å². The molecule has 3 aromatic rings. The van der Waals surface area contributed by atoms with Crippen molar-refractivity contribution in [1.82, 2.24) is 4.98 Å². The van der Waals surface area contributed by atoms with Crippen LogP contribution < -0.4 is 10.6 Å². The molecular weight excluding hydrogens is 374 g/mol. The van der Waals surface area contributed by atoms with Crippen molar-refractivity contribution in [3.8, 4) is 0 Å². The third-order valence-corrected chi connectivity index (χ3v) is 3.80. The number of nitrogens with zero attached hydrogens (tertiary/aromatic N) is 1. The number of para-hydroxylation sites is 1. The number of pyridine rings is 1. The number of carbonyl (C=O) groups excluding carboxylic acids is 1. The lowest BCUT2D eigenvalue weighted by Gasteiger charge is -2.14. The fourth-order valence-electron chi connectivity index (χ4n) is 2.56. The Bertz CT molecular complexity index is 972. The van der Waals surface area contributed by atoms with E-state index in [-0.39, 0.29) is 23.8 Å². The van der Waals surface area contributed by atoms with E-state index in [0.29, 0.717) is 11.3 Å². The van der Waals surface area contributed by atoms with Crippen LogP contribution in [0.2, 0.25) is 0 Å². The Morgan fingerprint density at radius 1 is 1.00 bits per heavy atom. The Morgan fingerprint density at radius 2 is 1.79 bits per heavy atom. The monoisotopic (exact) mass is 389 g/mol. The summed E-state index contributed by atoms with van der Waals surface area (Å²) in [5.74, 6) is -0.600. The molecule has 0 saturated carbocycles. The number of rotatable bonds is 5. The molecule has 0 fully saturated rings.